The van der Waals surface area contributed by atoms with Crippen LogP contribution in [0.1, 0.15) is 6.92 Å². The number of anilines is 1. The molecule has 0 aromatic heterocycles. The number of carboxylic acids is 1. The van der Waals surface area contributed by atoms with Crippen molar-refractivity contribution in [3.63, 3.8) is 0 Å². The zero-order valence-electron chi connectivity index (χ0n) is 9.34. The molecule has 1 rings (SSSR count). The summed E-state index contributed by atoms with van der Waals surface area (Å²) in [6.07, 6.45) is 1.80. The Morgan fingerprint density at radius 2 is 1.94 bits per heavy atom. The average Bonchev–Trinajstić information content (AvgIpc) is 2.29. The maximum absolute atomic E-state index is 11.3. The van der Waals surface area contributed by atoms with Crippen molar-refractivity contribution in [1.29, 1.82) is 0 Å². The first-order valence-electron chi connectivity index (χ1n) is 5.06. The zero-order chi connectivity index (χ0) is 12.7. The van der Waals surface area contributed by atoms with Gasteiger partial charge in [-0.2, -0.15) is 0 Å². The standard InChI is InChI=1S/C12H13NO3Se/c1-2-17-10-5-3-9(4-6-10)13-11(14)7-8-12(15)16/h3-8H,2H2,1H3,(H,13,14)(H,15,16)/b8-7-. The molecule has 0 radical (unpaired) electrons. The number of aliphatic carboxylic acids is 1. The first kappa shape index (κ1) is 13.5. The van der Waals surface area contributed by atoms with Gasteiger partial charge in [0.15, 0.2) is 0 Å². The Bertz CT molecular complexity index is 426. The van der Waals surface area contributed by atoms with Gasteiger partial charge >= 0.3 is 106 Å². The van der Waals surface area contributed by atoms with E-state index in [1.165, 1.54) is 4.46 Å². The van der Waals surface area contributed by atoms with Gasteiger partial charge in [0.2, 0.25) is 0 Å². The van der Waals surface area contributed by atoms with Crippen LogP contribution in [0.15, 0.2) is 36.4 Å². The molecule has 0 aliphatic rings. The molecule has 0 heterocycles. The van der Waals surface area contributed by atoms with Gasteiger partial charge in [0.25, 0.3) is 0 Å². The number of benzene rings is 1. The van der Waals surface area contributed by atoms with Gasteiger partial charge in [0.05, 0.1) is 0 Å². The molecule has 1 aromatic carbocycles. The van der Waals surface area contributed by atoms with Gasteiger partial charge in [0.1, 0.15) is 0 Å². The van der Waals surface area contributed by atoms with Crippen molar-refractivity contribution in [3.8, 4) is 0 Å². The fourth-order valence-electron chi connectivity index (χ4n) is 1.13. The molecule has 0 saturated heterocycles. The monoisotopic (exact) mass is 299 g/mol. The van der Waals surface area contributed by atoms with Gasteiger partial charge in [-0.25, -0.2) is 0 Å². The molecule has 17 heavy (non-hydrogen) atoms. The Balaban J connectivity index is 2.57. The Kier molecular flexibility index (Phi) is 5.46. The van der Waals surface area contributed by atoms with Crippen molar-refractivity contribution < 1.29 is 14.7 Å². The van der Waals surface area contributed by atoms with Gasteiger partial charge in [-0.15, -0.1) is 0 Å². The summed E-state index contributed by atoms with van der Waals surface area (Å²) in [5.41, 5.74) is 0.667. The van der Waals surface area contributed by atoms with E-state index in [-0.39, 0.29) is 0 Å². The van der Waals surface area contributed by atoms with E-state index < -0.39 is 11.9 Å². The number of carboxylic acid groups (broad SMARTS) is 1. The molecule has 5 heteroatoms. The Morgan fingerprint density at radius 1 is 1.29 bits per heavy atom. The number of hydrogen-bond acceptors (Lipinski definition) is 2. The second kappa shape index (κ2) is 6.89. The van der Waals surface area contributed by atoms with Gasteiger partial charge in [0, 0.05) is 0 Å². The van der Waals surface area contributed by atoms with Crippen LogP contribution in [0.2, 0.25) is 5.32 Å². The molecular formula is C12H13NO3Se. The minimum absolute atomic E-state index is 0.443. The molecule has 0 fully saturated rings. The van der Waals surface area contributed by atoms with Crippen LogP contribution in [0.3, 0.4) is 0 Å². The summed E-state index contributed by atoms with van der Waals surface area (Å²) >= 11 is 0.478. The normalized spacial score (nSPS) is 10.4. The van der Waals surface area contributed by atoms with Gasteiger partial charge in [-0.1, -0.05) is 0 Å². The van der Waals surface area contributed by atoms with Crippen molar-refractivity contribution >= 4 is 37.0 Å². The topological polar surface area (TPSA) is 66.4 Å². The van der Waals surface area contributed by atoms with Crippen LogP contribution in [0.25, 0.3) is 0 Å². The molecule has 0 aliphatic carbocycles. The maximum atomic E-state index is 11.3. The van der Waals surface area contributed by atoms with Gasteiger partial charge in [-0.3, -0.25) is 0 Å². The Hall–Kier alpha value is -1.58. The summed E-state index contributed by atoms with van der Waals surface area (Å²) < 4.78 is 1.28. The van der Waals surface area contributed by atoms with E-state index >= 15 is 0 Å². The molecule has 0 unspecified atom stereocenters. The van der Waals surface area contributed by atoms with Crippen LogP contribution in [-0.4, -0.2) is 31.9 Å². The SMILES string of the molecule is CC[Se]c1ccc(NC(=O)/C=C\C(=O)O)cc1. The molecule has 0 saturated carbocycles. The molecule has 0 atom stereocenters. The summed E-state index contributed by atoms with van der Waals surface area (Å²) in [7, 11) is 0. The number of carbonyl (C=O) groups is 2. The molecule has 0 aliphatic heterocycles. The quantitative estimate of drug-likeness (QED) is 0.630. The summed E-state index contributed by atoms with van der Waals surface area (Å²) in [4.78, 5) is 21.5. The summed E-state index contributed by atoms with van der Waals surface area (Å²) in [5.74, 6) is -1.58. The van der Waals surface area contributed by atoms with Crippen LogP contribution in [0, 0.1) is 0 Å². The second-order valence-corrected chi connectivity index (χ2v) is 5.92. The number of hydrogen-bond donors (Lipinski definition) is 2. The second-order valence-electron chi connectivity index (χ2n) is 3.12. The third-order valence-corrected chi connectivity index (χ3v) is 3.69. The number of rotatable bonds is 5. The number of nitrogens with one attached hydrogen (secondary N) is 1. The van der Waals surface area contributed by atoms with Crippen molar-refractivity contribution in [1.82, 2.24) is 0 Å². The van der Waals surface area contributed by atoms with E-state index in [1.807, 2.05) is 24.3 Å². The van der Waals surface area contributed by atoms with Crippen molar-refractivity contribution in [2.75, 3.05) is 5.32 Å². The average molecular weight is 298 g/mol. The fourth-order valence-corrected chi connectivity index (χ4v) is 2.52. The van der Waals surface area contributed by atoms with Crippen molar-refractivity contribution in [2.45, 2.75) is 12.2 Å². The molecule has 2 N–H and O–H groups in total. The van der Waals surface area contributed by atoms with E-state index in [1.54, 1.807) is 0 Å². The summed E-state index contributed by atoms with van der Waals surface area (Å²) in [6, 6.07) is 7.58. The summed E-state index contributed by atoms with van der Waals surface area (Å²) in [5, 5.41) is 12.1. The van der Waals surface area contributed by atoms with E-state index in [4.69, 9.17) is 5.11 Å². The van der Waals surface area contributed by atoms with Crippen molar-refractivity contribution in [3.05, 3.63) is 36.4 Å². The molecule has 4 nitrogen and oxygen atoms in total. The molecule has 0 spiro atoms. The van der Waals surface area contributed by atoms with Crippen LogP contribution >= 0.6 is 0 Å². The van der Waals surface area contributed by atoms with Crippen LogP contribution in [-0.2, 0) is 9.59 Å². The molecule has 90 valence electrons. The van der Waals surface area contributed by atoms with E-state index in [2.05, 4.69) is 12.2 Å². The van der Waals surface area contributed by atoms with Crippen LogP contribution < -0.4 is 9.78 Å². The predicted octanol–water partition coefficient (Wildman–Crippen LogP) is 1.03. The molecule has 0 bridgehead atoms. The minimum atomic E-state index is -1.14. The van der Waals surface area contributed by atoms with E-state index in [9.17, 15) is 9.59 Å². The fraction of sp³-hybridized carbons (Fsp3) is 0.167. The van der Waals surface area contributed by atoms with Crippen LogP contribution in [0.4, 0.5) is 5.69 Å². The Morgan fingerprint density at radius 3 is 2.47 bits per heavy atom. The van der Waals surface area contributed by atoms with E-state index in [0.29, 0.717) is 20.6 Å². The van der Waals surface area contributed by atoms with Crippen LogP contribution in [0.5, 0.6) is 0 Å². The third kappa shape index (κ3) is 5.33. The first-order valence-corrected chi connectivity index (χ1v) is 7.13. The van der Waals surface area contributed by atoms with E-state index in [0.717, 1.165) is 17.5 Å². The van der Waals surface area contributed by atoms with Gasteiger partial charge in [-0.05, 0) is 0 Å². The zero-order valence-corrected chi connectivity index (χ0v) is 11.1. The summed E-state index contributed by atoms with van der Waals surface area (Å²) in [6.45, 7) is 2.13. The molecular weight excluding hydrogens is 285 g/mol. The number of carbonyl (C=O) groups excluding carboxylic acids is 1. The first-order chi connectivity index (χ1) is 8.11. The number of amides is 1. The molecule has 1 aromatic rings. The van der Waals surface area contributed by atoms with Gasteiger partial charge < -0.3 is 0 Å². The van der Waals surface area contributed by atoms with Crippen molar-refractivity contribution in [2.24, 2.45) is 0 Å². The third-order valence-electron chi connectivity index (χ3n) is 1.81. The molecule has 1 amide bonds. The predicted molar refractivity (Wildman–Crippen MR) is 67.7 cm³/mol. The Labute approximate surface area is 106 Å².